The lowest BCUT2D eigenvalue weighted by molar-refractivity contribution is 0.602. The van der Waals surface area contributed by atoms with E-state index in [2.05, 4.69) is 25.6 Å². The van der Waals surface area contributed by atoms with Gasteiger partial charge < -0.3 is 10.6 Å². The van der Waals surface area contributed by atoms with Crippen molar-refractivity contribution in [1.29, 1.82) is 0 Å². The van der Waals surface area contributed by atoms with Crippen LogP contribution >= 0.6 is 24.0 Å². The smallest absolute Gasteiger partial charge is 0.191 e. The lowest BCUT2D eigenvalue weighted by atomic mass is 10.1. The molecule has 0 radical (unpaired) electrons. The summed E-state index contributed by atoms with van der Waals surface area (Å²) in [5.74, 6) is 1.53. The minimum absolute atomic E-state index is 0. The SMILES string of the molecule is CCNC(=NCc1ccnc(-n2ccnc2)c1)NCCc1ccc(S(C)(=O)=O)cc1.I. The summed E-state index contributed by atoms with van der Waals surface area (Å²) in [5.41, 5.74) is 2.10. The molecule has 0 bridgehead atoms. The number of hydrogen-bond donors (Lipinski definition) is 2. The van der Waals surface area contributed by atoms with Crippen LogP contribution in [0.1, 0.15) is 18.1 Å². The molecule has 0 aliphatic rings. The highest BCUT2D eigenvalue weighted by Gasteiger charge is 2.06. The molecule has 0 fully saturated rings. The molecule has 0 unspecified atom stereocenters. The molecule has 0 saturated carbocycles. The molecule has 0 saturated heterocycles. The first-order valence-electron chi connectivity index (χ1n) is 9.70. The number of guanidine groups is 1. The average Bonchev–Trinajstić information content (AvgIpc) is 3.27. The van der Waals surface area contributed by atoms with Gasteiger partial charge in [0.1, 0.15) is 12.1 Å². The summed E-state index contributed by atoms with van der Waals surface area (Å²) >= 11 is 0. The van der Waals surface area contributed by atoms with Crippen LogP contribution in [0, 0.1) is 0 Å². The van der Waals surface area contributed by atoms with E-state index >= 15 is 0 Å². The maximum Gasteiger partial charge on any atom is 0.191 e. The number of halogens is 1. The van der Waals surface area contributed by atoms with Crippen molar-refractivity contribution in [2.24, 2.45) is 4.99 Å². The third-order valence-electron chi connectivity index (χ3n) is 4.40. The van der Waals surface area contributed by atoms with E-state index < -0.39 is 9.84 Å². The predicted octanol–water partition coefficient (Wildman–Crippen LogP) is 2.59. The second-order valence-electron chi connectivity index (χ2n) is 6.78. The molecule has 3 rings (SSSR count). The molecule has 0 aliphatic carbocycles. The summed E-state index contributed by atoms with van der Waals surface area (Å²) in [6, 6.07) is 10.9. The Hall–Kier alpha value is -2.47. The van der Waals surface area contributed by atoms with Crippen molar-refractivity contribution in [1.82, 2.24) is 25.2 Å². The van der Waals surface area contributed by atoms with Crippen molar-refractivity contribution < 1.29 is 8.42 Å². The van der Waals surface area contributed by atoms with Crippen molar-refractivity contribution in [3.05, 3.63) is 72.4 Å². The number of aliphatic imine (C=N–C) groups is 1. The van der Waals surface area contributed by atoms with Crippen LogP contribution in [-0.2, 0) is 22.8 Å². The van der Waals surface area contributed by atoms with Crippen molar-refractivity contribution >= 4 is 39.8 Å². The van der Waals surface area contributed by atoms with Gasteiger partial charge in [0.2, 0.25) is 0 Å². The van der Waals surface area contributed by atoms with Crippen LogP contribution < -0.4 is 10.6 Å². The number of aromatic nitrogens is 3. The van der Waals surface area contributed by atoms with Gasteiger partial charge in [-0.25, -0.2) is 23.4 Å². The quantitative estimate of drug-likeness (QED) is 0.252. The molecule has 2 aromatic heterocycles. The predicted molar refractivity (Wildman–Crippen MR) is 133 cm³/mol. The molecule has 8 nitrogen and oxygen atoms in total. The Morgan fingerprint density at radius 1 is 1.10 bits per heavy atom. The third-order valence-corrected chi connectivity index (χ3v) is 5.53. The molecular weight excluding hydrogens is 527 g/mol. The van der Waals surface area contributed by atoms with Gasteiger partial charge in [-0.05, 0) is 48.7 Å². The van der Waals surface area contributed by atoms with Crippen LogP contribution in [0.5, 0.6) is 0 Å². The zero-order valence-electron chi connectivity index (χ0n) is 17.5. The Labute approximate surface area is 200 Å². The molecule has 0 amide bonds. The lowest BCUT2D eigenvalue weighted by Gasteiger charge is -2.12. The first kappa shape index (κ1) is 24.8. The van der Waals surface area contributed by atoms with Crippen LogP contribution in [0.4, 0.5) is 0 Å². The van der Waals surface area contributed by atoms with Crippen molar-refractivity contribution in [2.75, 3.05) is 19.3 Å². The average molecular weight is 554 g/mol. The number of rotatable bonds is 8. The zero-order chi connectivity index (χ0) is 21.4. The first-order chi connectivity index (χ1) is 14.5. The third kappa shape index (κ3) is 7.62. The normalized spacial score (nSPS) is 11.6. The summed E-state index contributed by atoms with van der Waals surface area (Å²) in [6.07, 6.45) is 9.01. The fourth-order valence-corrected chi connectivity index (χ4v) is 3.47. The molecule has 1 aromatic carbocycles. The van der Waals surface area contributed by atoms with Gasteiger partial charge in [-0.15, -0.1) is 24.0 Å². The van der Waals surface area contributed by atoms with Gasteiger partial charge in [0.25, 0.3) is 0 Å². The van der Waals surface area contributed by atoms with E-state index in [4.69, 9.17) is 0 Å². The van der Waals surface area contributed by atoms with Crippen molar-refractivity contribution in [3.63, 3.8) is 0 Å². The zero-order valence-corrected chi connectivity index (χ0v) is 20.7. The molecule has 0 spiro atoms. The van der Waals surface area contributed by atoms with Gasteiger partial charge in [0.15, 0.2) is 15.8 Å². The fraction of sp³-hybridized carbons (Fsp3) is 0.286. The summed E-state index contributed by atoms with van der Waals surface area (Å²) in [6.45, 7) is 3.97. The second kappa shape index (κ2) is 11.8. The first-order valence-corrected chi connectivity index (χ1v) is 11.6. The number of hydrogen-bond acceptors (Lipinski definition) is 5. The molecule has 3 aromatic rings. The maximum absolute atomic E-state index is 11.6. The van der Waals surface area contributed by atoms with Crippen molar-refractivity contribution in [3.8, 4) is 5.82 Å². The molecule has 10 heteroatoms. The Bertz CT molecular complexity index is 1080. The van der Waals surface area contributed by atoms with E-state index in [0.29, 0.717) is 18.0 Å². The highest BCUT2D eigenvalue weighted by atomic mass is 127. The maximum atomic E-state index is 11.6. The highest BCUT2D eigenvalue weighted by molar-refractivity contribution is 14.0. The van der Waals surface area contributed by atoms with Crippen LogP contribution in [0.2, 0.25) is 0 Å². The number of nitrogens with zero attached hydrogens (tertiary/aromatic N) is 4. The summed E-state index contributed by atoms with van der Waals surface area (Å²) < 4.78 is 25.0. The summed E-state index contributed by atoms with van der Waals surface area (Å²) in [4.78, 5) is 13.4. The molecule has 0 atom stereocenters. The van der Waals surface area contributed by atoms with Crippen molar-refractivity contribution in [2.45, 2.75) is 24.8 Å². The Kier molecular flexibility index (Phi) is 9.44. The Morgan fingerprint density at radius 2 is 1.87 bits per heavy atom. The molecule has 166 valence electrons. The van der Waals surface area contributed by atoms with E-state index in [9.17, 15) is 8.42 Å². The number of pyridine rings is 1. The highest BCUT2D eigenvalue weighted by Crippen LogP contribution is 2.11. The van der Waals surface area contributed by atoms with Gasteiger partial charge >= 0.3 is 0 Å². The molecule has 2 N–H and O–H groups in total. The van der Waals surface area contributed by atoms with E-state index in [1.54, 1.807) is 30.9 Å². The molecule has 0 aliphatic heterocycles. The minimum Gasteiger partial charge on any atom is -0.357 e. The van der Waals surface area contributed by atoms with E-state index in [1.165, 1.54) is 6.26 Å². The lowest BCUT2D eigenvalue weighted by Crippen LogP contribution is -2.38. The topological polar surface area (TPSA) is 101 Å². The number of sulfone groups is 1. The Balaban J connectivity index is 0.00000341. The fourth-order valence-electron chi connectivity index (χ4n) is 2.84. The van der Waals surface area contributed by atoms with E-state index in [1.807, 2.05) is 42.0 Å². The molecule has 2 heterocycles. The van der Waals surface area contributed by atoms with Gasteiger partial charge in [0.05, 0.1) is 11.4 Å². The summed E-state index contributed by atoms with van der Waals surface area (Å²) in [7, 11) is -3.17. The van der Waals surface area contributed by atoms with Gasteiger partial charge in [0, 0.05) is 37.9 Å². The van der Waals surface area contributed by atoms with Gasteiger partial charge in [-0.1, -0.05) is 12.1 Å². The molecule has 31 heavy (non-hydrogen) atoms. The second-order valence-corrected chi connectivity index (χ2v) is 8.80. The monoisotopic (exact) mass is 554 g/mol. The molecular formula is C21H27IN6O2S. The van der Waals surface area contributed by atoms with Crippen LogP contribution in [0.3, 0.4) is 0 Å². The van der Waals surface area contributed by atoms with Gasteiger partial charge in [-0.3, -0.25) is 4.57 Å². The summed E-state index contributed by atoms with van der Waals surface area (Å²) in [5, 5.41) is 6.56. The largest absolute Gasteiger partial charge is 0.357 e. The number of imidazole rings is 1. The minimum atomic E-state index is -3.17. The van der Waals surface area contributed by atoms with Crippen LogP contribution in [0.25, 0.3) is 5.82 Å². The Morgan fingerprint density at radius 3 is 2.52 bits per heavy atom. The number of benzene rings is 1. The van der Waals surface area contributed by atoms with E-state index in [-0.39, 0.29) is 24.0 Å². The standard InChI is InChI=1S/C21H26N6O2S.HI/c1-3-23-21(25-11-8-17-4-6-19(7-5-17)30(2,28)29)26-15-18-9-10-24-20(14-18)27-13-12-22-16-27;/h4-7,9-10,12-14,16H,3,8,11,15H2,1-2H3,(H2,23,25,26);1H. The van der Waals surface area contributed by atoms with E-state index in [0.717, 1.165) is 35.9 Å². The van der Waals surface area contributed by atoms with Gasteiger partial charge in [-0.2, -0.15) is 0 Å². The number of nitrogens with one attached hydrogen (secondary N) is 2. The van der Waals surface area contributed by atoms with Crippen LogP contribution in [0.15, 0.2) is 71.2 Å². The van der Waals surface area contributed by atoms with Crippen LogP contribution in [-0.4, -0.2) is 48.3 Å².